The van der Waals surface area contributed by atoms with Crippen molar-refractivity contribution in [3.05, 3.63) is 41.4 Å². The van der Waals surface area contributed by atoms with Gasteiger partial charge < -0.3 is 9.64 Å². The van der Waals surface area contributed by atoms with E-state index in [9.17, 15) is 4.79 Å². The lowest BCUT2D eigenvalue weighted by atomic mass is 10.3. The van der Waals surface area contributed by atoms with Gasteiger partial charge in [-0.1, -0.05) is 11.6 Å². The maximum Gasteiger partial charge on any atom is 0.242 e. The molecule has 0 saturated heterocycles. The van der Waals surface area contributed by atoms with Crippen molar-refractivity contribution < 1.29 is 9.53 Å². The van der Waals surface area contributed by atoms with E-state index >= 15 is 0 Å². The van der Waals surface area contributed by atoms with Crippen LogP contribution in [0.15, 0.2) is 30.6 Å². The molecule has 22 heavy (non-hydrogen) atoms. The smallest absolute Gasteiger partial charge is 0.242 e. The molecule has 0 aliphatic carbocycles. The molecule has 0 fully saturated rings. The van der Waals surface area contributed by atoms with Gasteiger partial charge in [-0.05, 0) is 24.3 Å². The van der Waals surface area contributed by atoms with Gasteiger partial charge in [-0.3, -0.25) is 9.36 Å². The number of hydrogen-bond donors (Lipinski definition) is 0. The van der Waals surface area contributed by atoms with E-state index in [0.717, 1.165) is 0 Å². The van der Waals surface area contributed by atoms with Crippen molar-refractivity contribution in [3.8, 4) is 11.8 Å². The molecule has 1 heterocycles. The van der Waals surface area contributed by atoms with Gasteiger partial charge in [-0.2, -0.15) is 5.26 Å². The number of ether oxygens (including phenoxy) is 1. The predicted molar refractivity (Wildman–Crippen MR) is 79.3 cm³/mol. The minimum absolute atomic E-state index is 0.0212. The van der Waals surface area contributed by atoms with E-state index in [0.29, 0.717) is 23.9 Å². The van der Waals surface area contributed by atoms with Crippen molar-refractivity contribution in [2.24, 2.45) is 0 Å². The molecular formula is C14H14ClN5O2. The molecule has 2 rings (SSSR count). The van der Waals surface area contributed by atoms with Crippen molar-refractivity contribution in [1.29, 1.82) is 5.26 Å². The summed E-state index contributed by atoms with van der Waals surface area (Å²) in [7, 11) is 1.67. The van der Waals surface area contributed by atoms with Crippen LogP contribution in [0.5, 0.6) is 5.75 Å². The van der Waals surface area contributed by atoms with Crippen LogP contribution in [0.1, 0.15) is 5.82 Å². The van der Waals surface area contributed by atoms with Crippen LogP contribution in [-0.2, 0) is 11.3 Å². The van der Waals surface area contributed by atoms with Crippen LogP contribution in [0, 0.1) is 11.3 Å². The van der Waals surface area contributed by atoms with Gasteiger partial charge in [-0.15, -0.1) is 10.2 Å². The van der Waals surface area contributed by atoms with Crippen LogP contribution in [0.2, 0.25) is 5.02 Å². The Morgan fingerprint density at radius 3 is 2.86 bits per heavy atom. The van der Waals surface area contributed by atoms with Gasteiger partial charge in [0, 0.05) is 12.1 Å². The highest BCUT2D eigenvalue weighted by atomic mass is 35.5. The van der Waals surface area contributed by atoms with E-state index in [-0.39, 0.29) is 18.3 Å². The van der Waals surface area contributed by atoms with E-state index in [1.807, 2.05) is 6.07 Å². The van der Waals surface area contributed by atoms with Gasteiger partial charge in [0.15, 0.2) is 0 Å². The average molecular weight is 320 g/mol. The number of carbonyl (C=O) groups is 1. The fourth-order valence-corrected chi connectivity index (χ4v) is 1.81. The molecule has 0 atom stereocenters. The number of benzene rings is 1. The molecule has 0 saturated carbocycles. The third-order valence-electron chi connectivity index (χ3n) is 2.96. The second kappa shape index (κ2) is 7.43. The van der Waals surface area contributed by atoms with Crippen molar-refractivity contribution >= 4 is 17.5 Å². The van der Waals surface area contributed by atoms with Gasteiger partial charge in [0.05, 0.1) is 6.54 Å². The molecule has 0 bridgehead atoms. The van der Waals surface area contributed by atoms with E-state index in [1.54, 1.807) is 31.3 Å². The van der Waals surface area contributed by atoms with Crippen LogP contribution in [0.3, 0.4) is 0 Å². The highest BCUT2D eigenvalue weighted by molar-refractivity contribution is 6.30. The number of nitrogens with zero attached hydrogens (tertiary/aromatic N) is 5. The minimum Gasteiger partial charge on any atom is -0.492 e. The Balaban J connectivity index is 1.79. The Bertz CT molecular complexity index is 677. The Kier molecular flexibility index (Phi) is 5.33. The summed E-state index contributed by atoms with van der Waals surface area (Å²) < 4.78 is 6.93. The van der Waals surface area contributed by atoms with E-state index in [2.05, 4.69) is 10.2 Å². The summed E-state index contributed by atoms with van der Waals surface area (Å²) in [5.41, 5.74) is 0. The Labute approximate surface area is 132 Å². The quantitative estimate of drug-likeness (QED) is 0.802. The predicted octanol–water partition coefficient (Wildman–Crippen LogP) is 1.34. The monoisotopic (exact) mass is 319 g/mol. The molecule has 1 aromatic carbocycles. The second-order valence-corrected chi connectivity index (χ2v) is 4.95. The number of carbonyl (C=O) groups excluding carboxylic acids is 1. The van der Waals surface area contributed by atoms with Crippen LogP contribution in [-0.4, -0.2) is 45.8 Å². The zero-order chi connectivity index (χ0) is 15.9. The maximum absolute atomic E-state index is 12.0. The normalized spacial score (nSPS) is 10.0. The zero-order valence-corrected chi connectivity index (χ0v) is 12.7. The number of rotatable bonds is 6. The fraction of sp³-hybridized carbons (Fsp3) is 0.286. The molecular weight excluding hydrogens is 306 g/mol. The first-order chi connectivity index (χ1) is 10.6. The summed E-state index contributed by atoms with van der Waals surface area (Å²) in [5, 5.41) is 16.7. The first-order valence-electron chi connectivity index (χ1n) is 6.50. The molecule has 0 spiro atoms. The van der Waals surface area contributed by atoms with Crippen molar-refractivity contribution in [2.75, 3.05) is 20.2 Å². The Morgan fingerprint density at radius 2 is 2.18 bits per heavy atom. The maximum atomic E-state index is 12.0. The molecule has 2 aromatic rings. The molecule has 1 aromatic heterocycles. The number of nitriles is 1. The number of hydrogen-bond acceptors (Lipinski definition) is 5. The summed E-state index contributed by atoms with van der Waals surface area (Å²) >= 11 is 5.79. The Morgan fingerprint density at radius 1 is 1.45 bits per heavy atom. The summed E-state index contributed by atoms with van der Waals surface area (Å²) in [5.74, 6) is 0.644. The molecule has 7 nitrogen and oxygen atoms in total. The van der Waals surface area contributed by atoms with Gasteiger partial charge in [0.1, 0.15) is 31.3 Å². The molecule has 8 heteroatoms. The van der Waals surface area contributed by atoms with Crippen LogP contribution < -0.4 is 4.74 Å². The second-order valence-electron chi connectivity index (χ2n) is 4.51. The minimum atomic E-state index is -0.156. The highest BCUT2D eigenvalue weighted by Gasteiger charge is 2.12. The summed E-state index contributed by atoms with van der Waals surface area (Å²) in [4.78, 5) is 13.6. The number of amides is 1. The average Bonchev–Trinajstić information content (AvgIpc) is 2.96. The lowest BCUT2D eigenvalue weighted by molar-refractivity contribution is -0.130. The first-order valence-corrected chi connectivity index (χ1v) is 6.88. The first kappa shape index (κ1) is 15.8. The molecule has 114 valence electrons. The van der Waals surface area contributed by atoms with Crippen LogP contribution in [0.4, 0.5) is 0 Å². The number of likely N-dealkylation sites (N-methyl/N-ethyl adjacent to an activating group) is 1. The third-order valence-corrected chi connectivity index (χ3v) is 3.21. The van der Waals surface area contributed by atoms with E-state index in [4.69, 9.17) is 21.6 Å². The number of aromatic nitrogens is 3. The fourth-order valence-electron chi connectivity index (χ4n) is 1.68. The summed E-state index contributed by atoms with van der Waals surface area (Å²) in [6, 6.07) is 8.88. The van der Waals surface area contributed by atoms with Gasteiger partial charge >= 0.3 is 0 Å². The molecule has 0 unspecified atom stereocenters. The van der Waals surface area contributed by atoms with Crippen molar-refractivity contribution in [1.82, 2.24) is 19.7 Å². The SMILES string of the molecule is CN(CCOc1ccc(Cl)cc1)C(=O)Cn1cnnc1C#N. The van der Waals surface area contributed by atoms with E-state index in [1.165, 1.54) is 15.8 Å². The largest absolute Gasteiger partial charge is 0.492 e. The lowest BCUT2D eigenvalue weighted by Crippen LogP contribution is -2.33. The van der Waals surface area contributed by atoms with Gasteiger partial charge in [-0.25, -0.2) is 0 Å². The van der Waals surface area contributed by atoms with Crippen molar-refractivity contribution in [2.45, 2.75) is 6.54 Å². The topological polar surface area (TPSA) is 84.0 Å². The molecule has 0 radical (unpaired) electrons. The molecule has 0 aliphatic rings. The third kappa shape index (κ3) is 4.20. The Hall–Kier alpha value is -2.59. The number of halogens is 1. The van der Waals surface area contributed by atoms with Gasteiger partial charge in [0.25, 0.3) is 0 Å². The van der Waals surface area contributed by atoms with Crippen LogP contribution in [0.25, 0.3) is 0 Å². The van der Waals surface area contributed by atoms with Gasteiger partial charge in [0.2, 0.25) is 11.7 Å². The highest BCUT2D eigenvalue weighted by Crippen LogP contribution is 2.15. The zero-order valence-electron chi connectivity index (χ0n) is 11.9. The lowest BCUT2D eigenvalue weighted by Gasteiger charge is -2.17. The van der Waals surface area contributed by atoms with E-state index < -0.39 is 0 Å². The standard InChI is InChI=1S/C14H14ClN5O2/c1-19(6-7-22-12-4-2-11(15)3-5-12)14(21)9-20-10-17-18-13(20)8-16/h2-5,10H,6-7,9H2,1H3. The van der Waals surface area contributed by atoms with Crippen molar-refractivity contribution in [3.63, 3.8) is 0 Å². The van der Waals surface area contributed by atoms with Crippen LogP contribution >= 0.6 is 11.6 Å². The molecule has 0 N–H and O–H groups in total. The summed E-state index contributed by atoms with van der Waals surface area (Å²) in [6.45, 7) is 0.802. The molecule has 1 amide bonds. The summed E-state index contributed by atoms with van der Waals surface area (Å²) in [6.07, 6.45) is 1.36. The molecule has 0 aliphatic heterocycles.